The van der Waals surface area contributed by atoms with Crippen LogP contribution in [0.4, 0.5) is 5.69 Å². The third kappa shape index (κ3) is 3.71. The molecule has 0 aliphatic carbocycles. The monoisotopic (exact) mass is 317 g/mol. The van der Waals surface area contributed by atoms with Gasteiger partial charge in [-0.05, 0) is 11.4 Å². The maximum absolute atomic E-state index is 11.1. The molecule has 0 N–H and O–H groups in total. The summed E-state index contributed by atoms with van der Waals surface area (Å²) in [7, 11) is 0. The van der Waals surface area contributed by atoms with Crippen molar-refractivity contribution < 1.29 is 4.92 Å². The van der Waals surface area contributed by atoms with Crippen molar-refractivity contribution in [2.75, 3.05) is 26.2 Å². The lowest BCUT2D eigenvalue weighted by Crippen LogP contribution is -2.45. The van der Waals surface area contributed by atoms with Crippen LogP contribution in [0.3, 0.4) is 0 Å². The zero-order chi connectivity index (χ0) is 15.4. The number of hydrogen-bond acceptors (Lipinski definition) is 5. The van der Waals surface area contributed by atoms with Gasteiger partial charge in [0.1, 0.15) is 0 Å². The molecule has 0 atom stereocenters. The minimum absolute atomic E-state index is 0.225. The van der Waals surface area contributed by atoms with E-state index in [-0.39, 0.29) is 10.6 Å². The van der Waals surface area contributed by atoms with Gasteiger partial charge < -0.3 is 0 Å². The number of para-hydroxylation sites is 1. The summed E-state index contributed by atoms with van der Waals surface area (Å²) >= 11 is 1.79. The number of nitro groups is 1. The van der Waals surface area contributed by atoms with Gasteiger partial charge in [-0.2, -0.15) is 0 Å². The summed E-state index contributed by atoms with van der Waals surface area (Å²) in [5, 5.41) is 13.2. The summed E-state index contributed by atoms with van der Waals surface area (Å²) in [4.78, 5) is 16.9. The zero-order valence-electron chi connectivity index (χ0n) is 12.4. The standard InChI is InChI=1S/C16H19N3O2S/c20-19(21)16-6-2-1-4-14(16)12-17-7-9-18(10-8-17)13-15-5-3-11-22-15/h1-6,11H,7-10,12-13H2. The smallest absolute Gasteiger partial charge is 0.273 e. The molecular weight excluding hydrogens is 298 g/mol. The number of nitrogens with zero attached hydrogens (tertiary/aromatic N) is 3. The van der Waals surface area contributed by atoms with Gasteiger partial charge in [0.25, 0.3) is 5.69 Å². The van der Waals surface area contributed by atoms with Gasteiger partial charge in [-0.1, -0.05) is 24.3 Å². The van der Waals surface area contributed by atoms with E-state index >= 15 is 0 Å². The van der Waals surface area contributed by atoms with Gasteiger partial charge in [-0.3, -0.25) is 19.9 Å². The molecule has 5 nitrogen and oxygen atoms in total. The Morgan fingerprint density at radius 1 is 1.00 bits per heavy atom. The molecule has 0 radical (unpaired) electrons. The summed E-state index contributed by atoms with van der Waals surface area (Å²) in [5.74, 6) is 0. The van der Waals surface area contributed by atoms with Crippen LogP contribution in [0.2, 0.25) is 0 Å². The molecule has 0 amide bonds. The van der Waals surface area contributed by atoms with Crippen molar-refractivity contribution in [3.05, 3.63) is 62.3 Å². The summed E-state index contributed by atoms with van der Waals surface area (Å²) in [6.45, 7) is 5.60. The Hall–Kier alpha value is -1.76. The molecular formula is C16H19N3O2S. The van der Waals surface area contributed by atoms with Crippen molar-refractivity contribution in [1.29, 1.82) is 0 Å². The second-order valence-corrected chi connectivity index (χ2v) is 6.55. The number of rotatable bonds is 5. The highest BCUT2D eigenvalue weighted by atomic mass is 32.1. The maximum atomic E-state index is 11.1. The number of thiophene rings is 1. The minimum atomic E-state index is -0.289. The molecule has 22 heavy (non-hydrogen) atoms. The fourth-order valence-electron chi connectivity index (χ4n) is 2.79. The molecule has 116 valence electrons. The van der Waals surface area contributed by atoms with E-state index in [9.17, 15) is 10.1 Å². The van der Waals surface area contributed by atoms with Crippen molar-refractivity contribution in [3.8, 4) is 0 Å². The topological polar surface area (TPSA) is 49.6 Å². The molecule has 6 heteroatoms. The first-order chi connectivity index (χ1) is 10.7. The van der Waals surface area contributed by atoms with Gasteiger partial charge in [-0.15, -0.1) is 11.3 Å². The van der Waals surface area contributed by atoms with Gasteiger partial charge in [-0.25, -0.2) is 0 Å². The molecule has 0 spiro atoms. The van der Waals surface area contributed by atoms with E-state index in [1.807, 2.05) is 12.1 Å². The van der Waals surface area contributed by atoms with E-state index in [1.165, 1.54) is 4.88 Å². The molecule has 0 saturated carbocycles. The van der Waals surface area contributed by atoms with Crippen LogP contribution in [0.1, 0.15) is 10.4 Å². The first-order valence-electron chi connectivity index (χ1n) is 7.42. The SMILES string of the molecule is O=[N+]([O-])c1ccccc1CN1CCN(Cc2cccs2)CC1. The Morgan fingerprint density at radius 2 is 1.68 bits per heavy atom. The normalized spacial score (nSPS) is 16.7. The van der Waals surface area contributed by atoms with E-state index in [1.54, 1.807) is 23.5 Å². The molecule has 1 aromatic carbocycles. The fourth-order valence-corrected chi connectivity index (χ4v) is 3.54. The van der Waals surface area contributed by atoms with Crippen LogP contribution >= 0.6 is 11.3 Å². The molecule has 1 fully saturated rings. The average Bonchev–Trinajstić information content (AvgIpc) is 3.02. The first-order valence-corrected chi connectivity index (χ1v) is 8.30. The largest absolute Gasteiger partial charge is 0.296 e. The van der Waals surface area contributed by atoms with Crippen molar-refractivity contribution >= 4 is 17.0 Å². The minimum Gasteiger partial charge on any atom is -0.296 e. The molecule has 2 heterocycles. The quantitative estimate of drug-likeness (QED) is 0.628. The highest BCUT2D eigenvalue weighted by Crippen LogP contribution is 2.20. The lowest BCUT2D eigenvalue weighted by Gasteiger charge is -2.34. The number of benzene rings is 1. The first kappa shape index (κ1) is 15.1. The van der Waals surface area contributed by atoms with Gasteiger partial charge in [0, 0.05) is 55.8 Å². The van der Waals surface area contributed by atoms with E-state index in [0.717, 1.165) is 38.3 Å². The predicted molar refractivity (Wildman–Crippen MR) is 88.0 cm³/mol. The van der Waals surface area contributed by atoms with Gasteiger partial charge in [0.05, 0.1) is 4.92 Å². The molecule has 1 aliphatic rings. The average molecular weight is 317 g/mol. The Balaban J connectivity index is 1.55. The maximum Gasteiger partial charge on any atom is 0.273 e. The zero-order valence-corrected chi connectivity index (χ0v) is 13.2. The molecule has 0 bridgehead atoms. The number of piperazine rings is 1. The lowest BCUT2D eigenvalue weighted by molar-refractivity contribution is -0.385. The summed E-state index contributed by atoms with van der Waals surface area (Å²) in [6, 6.07) is 11.3. The summed E-state index contributed by atoms with van der Waals surface area (Å²) < 4.78 is 0. The molecule has 1 saturated heterocycles. The highest BCUT2D eigenvalue weighted by Gasteiger charge is 2.20. The van der Waals surface area contributed by atoms with E-state index in [0.29, 0.717) is 6.54 Å². The number of hydrogen-bond donors (Lipinski definition) is 0. The van der Waals surface area contributed by atoms with Crippen LogP contribution in [0.25, 0.3) is 0 Å². The third-order valence-corrected chi connectivity index (χ3v) is 4.87. The van der Waals surface area contributed by atoms with Gasteiger partial charge in [0.15, 0.2) is 0 Å². The van der Waals surface area contributed by atoms with Crippen LogP contribution in [-0.4, -0.2) is 40.9 Å². The van der Waals surface area contributed by atoms with Gasteiger partial charge in [0.2, 0.25) is 0 Å². The molecule has 3 rings (SSSR count). The van der Waals surface area contributed by atoms with Crippen molar-refractivity contribution in [1.82, 2.24) is 9.80 Å². The van der Waals surface area contributed by atoms with Gasteiger partial charge >= 0.3 is 0 Å². The van der Waals surface area contributed by atoms with Crippen molar-refractivity contribution in [3.63, 3.8) is 0 Å². The summed E-state index contributed by atoms with van der Waals surface area (Å²) in [6.07, 6.45) is 0. The fraction of sp³-hybridized carbons (Fsp3) is 0.375. The van der Waals surface area contributed by atoms with Crippen molar-refractivity contribution in [2.45, 2.75) is 13.1 Å². The molecule has 0 unspecified atom stereocenters. The molecule has 2 aromatic rings. The number of nitro benzene ring substituents is 1. The second kappa shape index (κ2) is 7.00. The van der Waals surface area contributed by atoms with E-state index < -0.39 is 0 Å². The Kier molecular flexibility index (Phi) is 4.82. The van der Waals surface area contributed by atoms with Crippen LogP contribution in [0.5, 0.6) is 0 Å². The Morgan fingerprint density at radius 3 is 2.32 bits per heavy atom. The lowest BCUT2D eigenvalue weighted by atomic mass is 10.1. The van der Waals surface area contributed by atoms with Crippen LogP contribution in [-0.2, 0) is 13.1 Å². The highest BCUT2D eigenvalue weighted by molar-refractivity contribution is 7.09. The van der Waals surface area contributed by atoms with Crippen LogP contribution in [0, 0.1) is 10.1 Å². The van der Waals surface area contributed by atoms with E-state index in [4.69, 9.17) is 0 Å². The molecule has 1 aromatic heterocycles. The second-order valence-electron chi connectivity index (χ2n) is 5.52. The van der Waals surface area contributed by atoms with Crippen molar-refractivity contribution in [2.24, 2.45) is 0 Å². The third-order valence-electron chi connectivity index (χ3n) is 4.01. The van der Waals surface area contributed by atoms with E-state index in [2.05, 4.69) is 27.3 Å². The Bertz CT molecular complexity index is 622. The predicted octanol–water partition coefficient (Wildman–Crippen LogP) is 2.97. The van der Waals surface area contributed by atoms with Crippen LogP contribution in [0.15, 0.2) is 41.8 Å². The molecule has 1 aliphatic heterocycles. The summed E-state index contributed by atoms with van der Waals surface area (Å²) in [5.41, 5.74) is 1.03. The Labute approximate surface area is 133 Å². The van der Waals surface area contributed by atoms with Crippen LogP contribution < -0.4 is 0 Å².